The quantitative estimate of drug-likeness (QED) is 0.514. The molecule has 0 fully saturated rings. The number of carbonyl (C=O) groups is 2. The molecule has 6 nitrogen and oxygen atoms in total. The lowest BCUT2D eigenvalue weighted by Crippen LogP contribution is -2.14. The summed E-state index contributed by atoms with van der Waals surface area (Å²) in [6.07, 6.45) is 0. The lowest BCUT2D eigenvalue weighted by atomic mass is 10.1. The summed E-state index contributed by atoms with van der Waals surface area (Å²) in [5, 5.41) is 0.205. The number of methoxy groups -OCH3 is 2. The van der Waals surface area contributed by atoms with Crippen LogP contribution in [-0.4, -0.2) is 39.2 Å². The average Bonchev–Trinajstić information content (AvgIpc) is 2.65. The SMILES string of the molecule is CCOc1ccc(C(=O)COC(=O)c2cc(Cl)c(OC)c(OC)c2)cc1. The number of hydrogen-bond acceptors (Lipinski definition) is 6. The van der Waals surface area contributed by atoms with Crippen LogP contribution in [0.1, 0.15) is 27.6 Å². The Labute approximate surface area is 156 Å². The second-order valence-corrected chi connectivity index (χ2v) is 5.56. The summed E-state index contributed by atoms with van der Waals surface area (Å²) in [7, 11) is 2.87. The van der Waals surface area contributed by atoms with E-state index in [1.807, 2.05) is 6.92 Å². The summed E-state index contributed by atoms with van der Waals surface area (Å²) in [6, 6.07) is 9.45. The molecule has 2 aromatic carbocycles. The lowest BCUT2D eigenvalue weighted by molar-refractivity contribution is 0.0474. The Hall–Kier alpha value is -2.73. The van der Waals surface area contributed by atoms with Crippen molar-refractivity contribution in [2.75, 3.05) is 27.4 Å². The number of benzene rings is 2. The predicted molar refractivity (Wildman–Crippen MR) is 96.8 cm³/mol. The molecule has 7 heteroatoms. The van der Waals surface area contributed by atoms with E-state index in [1.165, 1.54) is 26.4 Å². The maximum absolute atomic E-state index is 12.2. The predicted octanol–water partition coefficient (Wildman–Crippen LogP) is 3.80. The number of ether oxygens (including phenoxy) is 4. The van der Waals surface area contributed by atoms with Gasteiger partial charge in [0.25, 0.3) is 0 Å². The molecular weight excluding hydrogens is 360 g/mol. The standard InChI is InChI=1S/C19H19ClO6/c1-4-25-14-7-5-12(6-8-14)16(21)11-26-19(22)13-9-15(20)18(24-3)17(10-13)23-2/h5-10H,4,11H2,1-3H3. The highest BCUT2D eigenvalue weighted by Crippen LogP contribution is 2.36. The van der Waals surface area contributed by atoms with Crippen molar-refractivity contribution in [2.45, 2.75) is 6.92 Å². The Balaban J connectivity index is 2.04. The zero-order valence-electron chi connectivity index (χ0n) is 14.7. The fourth-order valence-corrected chi connectivity index (χ4v) is 2.53. The number of halogens is 1. The molecule has 0 aliphatic rings. The fraction of sp³-hybridized carbons (Fsp3) is 0.263. The highest BCUT2D eigenvalue weighted by atomic mass is 35.5. The Kier molecular flexibility index (Phi) is 6.86. The number of esters is 1. The van der Waals surface area contributed by atoms with Gasteiger partial charge in [-0.25, -0.2) is 4.79 Å². The molecule has 0 bridgehead atoms. The third kappa shape index (κ3) is 4.67. The van der Waals surface area contributed by atoms with Crippen molar-refractivity contribution in [3.05, 3.63) is 52.5 Å². The van der Waals surface area contributed by atoms with E-state index >= 15 is 0 Å². The second kappa shape index (κ2) is 9.10. The summed E-state index contributed by atoms with van der Waals surface area (Å²) >= 11 is 6.07. The van der Waals surface area contributed by atoms with Gasteiger partial charge in [0, 0.05) is 5.56 Å². The molecule has 138 valence electrons. The molecule has 0 atom stereocenters. The maximum Gasteiger partial charge on any atom is 0.338 e. The van der Waals surface area contributed by atoms with Crippen molar-refractivity contribution < 1.29 is 28.5 Å². The Morgan fingerprint density at radius 2 is 1.69 bits per heavy atom. The van der Waals surface area contributed by atoms with Crippen molar-refractivity contribution in [1.29, 1.82) is 0 Å². The first-order valence-corrected chi connectivity index (χ1v) is 8.22. The third-order valence-electron chi connectivity index (χ3n) is 3.49. The number of ketones is 1. The van der Waals surface area contributed by atoms with Crippen LogP contribution in [0, 0.1) is 0 Å². The monoisotopic (exact) mass is 378 g/mol. The van der Waals surface area contributed by atoms with Crippen LogP contribution >= 0.6 is 11.6 Å². The first kappa shape index (κ1) is 19.6. The fourth-order valence-electron chi connectivity index (χ4n) is 2.24. The van der Waals surface area contributed by atoms with Crippen LogP contribution < -0.4 is 14.2 Å². The molecule has 0 saturated carbocycles. The molecule has 0 saturated heterocycles. The van der Waals surface area contributed by atoms with Gasteiger partial charge in [-0.3, -0.25) is 4.79 Å². The molecule has 0 spiro atoms. The molecule has 0 unspecified atom stereocenters. The molecule has 0 aromatic heterocycles. The molecular formula is C19H19ClO6. The molecule has 0 heterocycles. The van der Waals surface area contributed by atoms with Gasteiger partial charge in [-0.05, 0) is 43.3 Å². The Morgan fingerprint density at radius 3 is 2.27 bits per heavy atom. The zero-order valence-corrected chi connectivity index (χ0v) is 15.5. The minimum Gasteiger partial charge on any atom is -0.494 e. The molecule has 0 aliphatic carbocycles. The summed E-state index contributed by atoms with van der Waals surface area (Å²) in [6.45, 7) is 2.02. The average molecular weight is 379 g/mol. The van der Waals surface area contributed by atoms with E-state index < -0.39 is 12.6 Å². The summed E-state index contributed by atoms with van der Waals surface area (Å²) < 4.78 is 20.6. The van der Waals surface area contributed by atoms with Gasteiger partial charge in [-0.1, -0.05) is 11.6 Å². The molecule has 0 radical (unpaired) electrons. The van der Waals surface area contributed by atoms with Crippen LogP contribution in [0.4, 0.5) is 0 Å². The van der Waals surface area contributed by atoms with Gasteiger partial charge in [0.2, 0.25) is 0 Å². The molecule has 0 N–H and O–H groups in total. The first-order valence-electron chi connectivity index (χ1n) is 7.84. The van der Waals surface area contributed by atoms with Crippen molar-refractivity contribution in [1.82, 2.24) is 0 Å². The minimum atomic E-state index is -0.688. The van der Waals surface area contributed by atoms with Crippen molar-refractivity contribution >= 4 is 23.4 Å². The van der Waals surface area contributed by atoms with Crippen molar-refractivity contribution in [3.8, 4) is 17.2 Å². The number of carbonyl (C=O) groups excluding carboxylic acids is 2. The minimum absolute atomic E-state index is 0.159. The topological polar surface area (TPSA) is 71.1 Å². The van der Waals surface area contributed by atoms with Crippen molar-refractivity contribution in [3.63, 3.8) is 0 Å². The van der Waals surface area contributed by atoms with Gasteiger partial charge in [-0.2, -0.15) is 0 Å². The normalized spacial score (nSPS) is 10.2. The van der Waals surface area contributed by atoms with Gasteiger partial charge >= 0.3 is 5.97 Å². The van der Waals surface area contributed by atoms with E-state index in [2.05, 4.69) is 0 Å². The van der Waals surface area contributed by atoms with Crippen LogP contribution in [0.15, 0.2) is 36.4 Å². The zero-order chi connectivity index (χ0) is 19.1. The molecule has 0 aliphatic heterocycles. The van der Waals surface area contributed by atoms with Gasteiger partial charge in [0.15, 0.2) is 23.9 Å². The maximum atomic E-state index is 12.2. The van der Waals surface area contributed by atoms with Crippen LogP contribution in [0.2, 0.25) is 5.02 Å². The van der Waals surface area contributed by atoms with Crippen molar-refractivity contribution in [2.24, 2.45) is 0 Å². The van der Waals surface area contributed by atoms with E-state index in [1.54, 1.807) is 24.3 Å². The molecule has 26 heavy (non-hydrogen) atoms. The highest BCUT2D eigenvalue weighted by molar-refractivity contribution is 6.32. The summed E-state index contributed by atoms with van der Waals surface area (Å²) in [5.41, 5.74) is 0.582. The van der Waals surface area contributed by atoms with Gasteiger partial charge in [0.1, 0.15) is 5.75 Å². The summed E-state index contributed by atoms with van der Waals surface area (Å²) in [5.74, 6) is 0.266. The third-order valence-corrected chi connectivity index (χ3v) is 3.77. The molecule has 2 rings (SSSR count). The summed E-state index contributed by atoms with van der Waals surface area (Å²) in [4.78, 5) is 24.3. The smallest absolute Gasteiger partial charge is 0.338 e. The highest BCUT2D eigenvalue weighted by Gasteiger charge is 2.17. The van der Waals surface area contributed by atoms with Crippen LogP contribution in [-0.2, 0) is 4.74 Å². The Morgan fingerprint density at radius 1 is 1.00 bits per heavy atom. The Bertz CT molecular complexity index is 785. The number of hydrogen-bond donors (Lipinski definition) is 0. The molecule has 0 amide bonds. The number of Topliss-reactive ketones (excluding diaryl/α,β-unsaturated/α-hetero) is 1. The largest absolute Gasteiger partial charge is 0.494 e. The van der Waals surface area contributed by atoms with Gasteiger partial charge in [-0.15, -0.1) is 0 Å². The molecule has 2 aromatic rings. The van der Waals surface area contributed by atoms with Crippen LogP contribution in [0.5, 0.6) is 17.2 Å². The first-order chi connectivity index (χ1) is 12.5. The van der Waals surface area contributed by atoms with Crippen LogP contribution in [0.3, 0.4) is 0 Å². The van der Waals surface area contributed by atoms with E-state index in [-0.39, 0.29) is 16.4 Å². The van der Waals surface area contributed by atoms with Gasteiger partial charge < -0.3 is 18.9 Å². The van der Waals surface area contributed by atoms with Crippen LogP contribution in [0.25, 0.3) is 0 Å². The van der Waals surface area contributed by atoms with E-state index in [9.17, 15) is 9.59 Å². The second-order valence-electron chi connectivity index (χ2n) is 5.15. The lowest BCUT2D eigenvalue weighted by Gasteiger charge is -2.11. The van der Waals surface area contributed by atoms with Gasteiger partial charge in [0.05, 0.1) is 31.4 Å². The number of rotatable bonds is 8. The van der Waals surface area contributed by atoms with E-state index in [0.29, 0.717) is 29.4 Å². The van der Waals surface area contributed by atoms with E-state index in [0.717, 1.165) is 0 Å². The van der Waals surface area contributed by atoms with E-state index in [4.69, 9.17) is 30.5 Å².